The molecule has 1 heterocycles. The number of carbonyl (C=O) groups is 1. The van der Waals surface area contributed by atoms with Gasteiger partial charge in [-0.3, -0.25) is 4.79 Å². The van der Waals surface area contributed by atoms with Crippen LogP contribution in [0.5, 0.6) is 0 Å². The fourth-order valence-corrected chi connectivity index (χ4v) is 1.96. The minimum absolute atomic E-state index is 0.297. The summed E-state index contributed by atoms with van der Waals surface area (Å²) in [7, 11) is 0. The van der Waals surface area contributed by atoms with Crippen LogP contribution in [0.3, 0.4) is 0 Å². The van der Waals surface area contributed by atoms with E-state index in [0.29, 0.717) is 21.4 Å². The highest BCUT2D eigenvalue weighted by Crippen LogP contribution is 2.25. The SMILES string of the molecule is O=C(/C=C/c1c(Cl)cccc1Cl)Nc1ccccn1. The predicted molar refractivity (Wildman–Crippen MR) is 78.4 cm³/mol. The lowest BCUT2D eigenvalue weighted by Gasteiger charge is -2.02. The summed E-state index contributed by atoms with van der Waals surface area (Å²) >= 11 is 12.0. The van der Waals surface area contributed by atoms with Crippen molar-refractivity contribution < 1.29 is 4.79 Å². The van der Waals surface area contributed by atoms with Crippen molar-refractivity contribution in [3.05, 3.63) is 64.3 Å². The quantitative estimate of drug-likeness (QED) is 0.868. The van der Waals surface area contributed by atoms with Gasteiger partial charge >= 0.3 is 0 Å². The Bertz CT molecular complexity index is 592. The molecule has 0 fully saturated rings. The van der Waals surface area contributed by atoms with Gasteiger partial charge in [-0.2, -0.15) is 0 Å². The van der Waals surface area contributed by atoms with E-state index in [9.17, 15) is 4.79 Å². The fraction of sp³-hybridized carbons (Fsp3) is 0. The first kappa shape index (κ1) is 13.6. The van der Waals surface area contributed by atoms with E-state index in [1.165, 1.54) is 6.08 Å². The Morgan fingerprint density at radius 1 is 1.11 bits per heavy atom. The molecule has 0 saturated heterocycles. The maximum atomic E-state index is 11.7. The van der Waals surface area contributed by atoms with Crippen molar-refractivity contribution in [3.63, 3.8) is 0 Å². The van der Waals surface area contributed by atoms with Gasteiger partial charge in [-0.05, 0) is 30.3 Å². The van der Waals surface area contributed by atoms with Crippen LogP contribution in [-0.2, 0) is 4.79 Å². The number of aromatic nitrogens is 1. The van der Waals surface area contributed by atoms with Gasteiger partial charge in [0.2, 0.25) is 5.91 Å². The zero-order valence-electron chi connectivity index (χ0n) is 9.81. The lowest BCUT2D eigenvalue weighted by Crippen LogP contribution is -2.08. The van der Waals surface area contributed by atoms with Crippen molar-refractivity contribution in [1.82, 2.24) is 4.98 Å². The van der Waals surface area contributed by atoms with E-state index in [1.807, 2.05) is 0 Å². The maximum Gasteiger partial charge on any atom is 0.249 e. The Morgan fingerprint density at radius 3 is 2.47 bits per heavy atom. The third-order valence-electron chi connectivity index (χ3n) is 2.32. The van der Waals surface area contributed by atoms with Crippen LogP contribution in [0.4, 0.5) is 5.82 Å². The normalized spacial score (nSPS) is 10.6. The third-order valence-corrected chi connectivity index (χ3v) is 2.98. The first-order valence-electron chi connectivity index (χ1n) is 5.51. The van der Waals surface area contributed by atoms with Gasteiger partial charge in [0, 0.05) is 27.9 Å². The molecule has 0 aliphatic heterocycles. The summed E-state index contributed by atoms with van der Waals surface area (Å²) in [6.45, 7) is 0. The third kappa shape index (κ3) is 3.81. The first-order valence-corrected chi connectivity index (χ1v) is 6.26. The lowest BCUT2D eigenvalue weighted by molar-refractivity contribution is -0.111. The summed E-state index contributed by atoms with van der Waals surface area (Å²) in [5.74, 6) is 0.192. The molecule has 1 aromatic carbocycles. The van der Waals surface area contributed by atoms with Gasteiger partial charge in [0.15, 0.2) is 0 Å². The van der Waals surface area contributed by atoms with E-state index in [0.717, 1.165) is 0 Å². The van der Waals surface area contributed by atoms with Gasteiger partial charge in [0.25, 0.3) is 0 Å². The molecule has 0 radical (unpaired) electrons. The minimum atomic E-state index is -0.297. The molecule has 0 aliphatic rings. The lowest BCUT2D eigenvalue weighted by atomic mass is 10.2. The highest BCUT2D eigenvalue weighted by Gasteiger charge is 2.03. The van der Waals surface area contributed by atoms with E-state index in [2.05, 4.69) is 10.3 Å². The number of rotatable bonds is 3. The van der Waals surface area contributed by atoms with Crippen LogP contribution in [0.25, 0.3) is 6.08 Å². The number of benzene rings is 1. The Hall–Kier alpha value is -1.84. The van der Waals surface area contributed by atoms with Gasteiger partial charge in [0.05, 0.1) is 0 Å². The molecule has 0 spiro atoms. The van der Waals surface area contributed by atoms with Crippen molar-refractivity contribution >= 4 is 41.0 Å². The molecule has 1 aromatic heterocycles. The van der Waals surface area contributed by atoms with Crippen LogP contribution < -0.4 is 5.32 Å². The average molecular weight is 293 g/mol. The molecule has 0 atom stereocenters. The number of halogens is 2. The zero-order chi connectivity index (χ0) is 13.7. The minimum Gasteiger partial charge on any atom is -0.307 e. The van der Waals surface area contributed by atoms with E-state index in [-0.39, 0.29) is 5.91 Å². The van der Waals surface area contributed by atoms with Crippen molar-refractivity contribution in [2.24, 2.45) is 0 Å². The Labute approximate surface area is 120 Å². The van der Waals surface area contributed by atoms with Crippen LogP contribution in [-0.4, -0.2) is 10.9 Å². The molecule has 2 aromatic rings. The van der Waals surface area contributed by atoms with Crippen molar-refractivity contribution in [2.45, 2.75) is 0 Å². The maximum absolute atomic E-state index is 11.7. The molecule has 96 valence electrons. The molecule has 19 heavy (non-hydrogen) atoms. The number of amides is 1. The van der Waals surface area contributed by atoms with Gasteiger partial charge in [-0.1, -0.05) is 35.3 Å². The number of anilines is 1. The number of pyridine rings is 1. The average Bonchev–Trinajstić information content (AvgIpc) is 2.39. The molecule has 0 aliphatic carbocycles. The highest BCUT2D eigenvalue weighted by atomic mass is 35.5. The van der Waals surface area contributed by atoms with Crippen LogP contribution in [0.1, 0.15) is 5.56 Å². The van der Waals surface area contributed by atoms with Gasteiger partial charge < -0.3 is 5.32 Å². The number of carbonyl (C=O) groups excluding carboxylic acids is 1. The standard InChI is InChI=1S/C14H10Cl2N2O/c15-11-4-3-5-12(16)10(11)7-8-14(19)18-13-6-1-2-9-17-13/h1-9H,(H,17,18,19)/b8-7+. The van der Waals surface area contributed by atoms with E-state index < -0.39 is 0 Å². The van der Waals surface area contributed by atoms with Crippen LogP contribution in [0, 0.1) is 0 Å². The summed E-state index contributed by atoms with van der Waals surface area (Å²) in [6.07, 6.45) is 4.54. The van der Waals surface area contributed by atoms with Crippen molar-refractivity contribution in [3.8, 4) is 0 Å². The second kappa shape index (κ2) is 6.36. The second-order valence-corrected chi connectivity index (χ2v) is 4.49. The Kier molecular flexibility index (Phi) is 4.55. The second-order valence-electron chi connectivity index (χ2n) is 3.67. The van der Waals surface area contributed by atoms with Gasteiger partial charge in [-0.15, -0.1) is 0 Å². The van der Waals surface area contributed by atoms with E-state index >= 15 is 0 Å². The number of nitrogens with one attached hydrogen (secondary N) is 1. The molecule has 0 bridgehead atoms. The van der Waals surface area contributed by atoms with Crippen molar-refractivity contribution in [1.29, 1.82) is 0 Å². The summed E-state index contributed by atoms with van der Waals surface area (Å²) in [6, 6.07) is 10.4. The van der Waals surface area contributed by atoms with Gasteiger partial charge in [0.1, 0.15) is 5.82 Å². The fourth-order valence-electron chi connectivity index (χ4n) is 1.43. The summed E-state index contributed by atoms with van der Waals surface area (Å²) in [4.78, 5) is 15.7. The molecule has 1 amide bonds. The van der Waals surface area contributed by atoms with Crippen LogP contribution >= 0.6 is 23.2 Å². The molecular weight excluding hydrogens is 283 g/mol. The van der Waals surface area contributed by atoms with Crippen LogP contribution in [0.15, 0.2) is 48.7 Å². The van der Waals surface area contributed by atoms with Crippen LogP contribution in [0.2, 0.25) is 10.0 Å². The van der Waals surface area contributed by atoms with Gasteiger partial charge in [-0.25, -0.2) is 4.98 Å². The molecular formula is C14H10Cl2N2O. The first-order chi connectivity index (χ1) is 9.16. The number of hydrogen-bond acceptors (Lipinski definition) is 2. The summed E-state index contributed by atoms with van der Waals surface area (Å²) in [5, 5.41) is 3.62. The van der Waals surface area contributed by atoms with E-state index in [1.54, 1.807) is 48.7 Å². The molecule has 2 rings (SSSR count). The highest BCUT2D eigenvalue weighted by molar-refractivity contribution is 6.37. The molecule has 0 unspecified atom stereocenters. The summed E-state index contributed by atoms with van der Waals surface area (Å²) in [5.41, 5.74) is 0.613. The number of nitrogens with zero attached hydrogens (tertiary/aromatic N) is 1. The zero-order valence-corrected chi connectivity index (χ0v) is 11.3. The molecule has 1 N–H and O–H groups in total. The topological polar surface area (TPSA) is 42.0 Å². The molecule has 0 saturated carbocycles. The molecule has 5 heteroatoms. The largest absolute Gasteiger partial charge is 0.307 e. The monoisotopic (exact) mass is 292 g/mol. The predicted octanol–water partition coefficient (Wildman–Crippen LogP) is 4.04. The molecule has 3 nitrogen and oxygen atoms in total. The number of hydrogen-bond donors (Lipinski definition) is 1. The Morgan fingerprint density at radius 2 is 1.84 bits per heavy atom. The Balaban J connectivity index is 2.09. The summed E-state index contributed by atoms with van der Waals surface area (Å²) < 4.78 is 0. The van der Waals surface area contributed by atoms with Crippen molar-refractivity contribution in [2.75, 3.05) is 5.32 Å². The van der Waals surface area contributed by atoms with E-state index in [4.69, 9.17) is 23.2 Å². The smallest absolute Gasteiger partial charge is 0.249 e.